The molecule has 0 radical (unpaired) electrons. The van der Waals surface area contributed by atoms with Gasteiger partial charge < -0.3 is 5.11 Å². The van der Waals surface area contributed by atoms with Gasteiger partial charge in [-0.1, -0.05) is 35.4 Å². The van der Waals surface area contributed by atoms with E-state index in [1.165, 1.54) is 6.07 Å². The lowest BCUT2D eigenvalue weighted by molar-refractivity contribution is 0.469. The van der Waals surface area contributed by atoms with Gasteiger partial charge in [0.05, 0.1) is 10.0 Å². The highest BCUT2D eigenvalue weighted by molar-refractivity contribution is 6.42. The second-order valence-electron chi connectivity index (χ2n) is 2.99. The van der Waals surface area contributed by atoms with Crippen molar-refractivity contribution < 1.29 is 5.11 Å². The van der Waals surface area contributed by atoms with Gasteiger partial charge >= 0.3 is 0 Å². The summed E-state index contributed by atoms with van der Waals surface area (Å²) in [6.45, 7) is 5.62. The van der Waals surface area contributed by atoms with Crippen LogP contribution in [-0.4, -0.2) is 5.11 Å². The van der Waals surface area contributed by atoms with Gasteiger partial charge in [0.2, 0.25) is 0 Å². The van der Waals surface area contributed by atoms with Crippen LogP contribution in [0.5, 0.6) is 5.75 Å². The van der Waals surface area contributed by atoms with Crippen molar-refractivity contribution in [3.8, 4) is 5.75 Å². The van der Waals surface area contributed by atoms with Crippen molar-refractivity contribution in [2.24, 2.45) is 0 Å². The summed E-state index contributed by atoms with van der Waals surface area (Å²) in [4.78, 5) is 0. The molecule has 70 valence electrons. The van der Waals surface area contributed by atoms with Crippen LogP contribution in [0.25, 0.3) is 0 Å². The van der Waals surface area contributed by atoms with E-state index in [1.807, 2.05) is 6.92 Å². The minimum atomic E-state index is 0.164. The SMILES string of the molecule is C=C(C)Cc1c(O)ccc(Cl)c1Cl. The Hall–Kier alpha value is -0.660. The first kappa shape index (κ1) is 10.4. The first-order valence-corrected chi connectivity index (χ1v) is 4.58. The summed E-state index contributed by atoms with van der Waals surface area (Å²) in [7, 11) is 0. The summed E-state index contributed by atoms with van der Waals surface area (Å²) in [6, 6.07) is 3.10. The summed E-state index contributed by atoms with van der Waals surface area (Å²) in [5.74, 6) is 0.164. The molecule has 0 saturated carbocycles. The monoisotopic (exact) mass is 216 g/mol. The Morgan fingerprint density at radius 3 is 2.62 bits per heavy atom. The zero-order valence-electron chi connectivity index (χ0n) is 7.27. The molecular weight excluding hydrogens is 207 g/mol. The largest absolute Gasteiger partial charge is 0.508 e. The fourth-order valence-electron chi connectivity index (χ4n) is 1.05. The fraction of sp³-hybridized carbons (Fsp3) is 0.200. The molecule has 1 N–H and O–H groups in total. The van der Waals surface area contributed by atoms with Crippen LogP contribution in [0.4, 0.5) is 0 Å². The molecule has 0 saturated heterocycles. The Morgan fingerprint density at radius 2 is 2.08 bits per heavy atom. The Kier molecular flexibility index (Phi) is 3.23. The maximum atomic E-state index is 9.48. The van der Waals surface area contributed by atoms with Crippen molar-refractivity contribution in [3.63, 3.8) is 0 Å². The number of aromatic hydroxyl groups is 1. The van der Waals surface area contributed by atoms with Crippen LogP contribution < -0.4 is 0 Å². The number of allylic oxidation sites excluding steroid dienone is 1. The van der Waals surface area contributed by atoms with Crippen molar-refractivity contribution in [1.29, 1.82) is 0 Å². The number of hydrogen-bond donors (Lipinski definition) is 1. The van der Waals surface area contributed by atoms with Crippen LogP contribution >= 0.6 is 23.2 Å². The number of phenolic OH excluding ortho intramolecular Hbond substituents is 1. The lowest BCUT2D eigenvalue weighted by Crippen LogP contribution is -1.89. The van der Waals surface area contributed by atoms with E-state index in [0.717, 1.165) is 5.57 Å². The number of rotatable bonds is 2. The fourth-order valence-corrected chi connectivity index (χ4v) is 1.46. The number of halogens is 2. The van der Waals surface area contributed by atoms with Crippen molar-refractivity contribution in [3.05, 3.63) is 39.9 Å². The van der Waals surface area contributed by atoms with Crippen molar-refractivity contribution in [2.45, 2.75) is 13.3 Å². The number of benzene rings is 1. The number of hydrogen-bond acceptors (Lipinski definition) is 1. The van der Waals surface area contributed by atoms with Gasteiger partial charge in [-0.05, 0) is 25.5 Å². The summed E-state index contributed by atoms with van der Waals surface area (Å²) in [5, 5.41) is 10.3. The number of phenols is 1. The van der Waals surface area contributed by atoms with Crippen LogP contribution in [-0.2, 0) is 6.42 Å². The molecule has 0 atom stereocenters. The van der Waals surface area contributed by atoms with Gasteiger partial charge in [0.25, 0.3) is 0 Å². The third-order valence-corrected chi connectivity index (χ3v) is 2.49. The molecular formula is C10H10Cl2O. The molecule has 0 spiro atoms. The van der Waals surface area contributed by atoms with E-state index in [9.17, 15) is 5.11 Å². The second kappa shape index (κ2) is 4.03. The van der Waals surface area contributed by atoms with E-state index in [1.54, 1.807) is 6.07 Å². The van der Waals surface area contributed by atoms with Gasteiger partial charge in [0.1, 0.15) is 5.75 Å². The van der Waals surface area contributed by atoms with Crippen LogP contribution in [0.2, 0.25) is 10.0 Å². The molecule has 0 aromatic heterocycles. The summed E-state index contributed by atoms with van der Waals surface area (Å²) >= 11 is 11.7. The van der Waals surface area contributed by atoms with Gasteiger partial charge in [-0.3, -0.25) is 0 Å². The topological polar surface area (TPSA) is 20.2 Å². The molecule has 0 aliphatic rings. The van der Waals surface area contributed by atoms with Gasteiger partial charge in [0.15, 0.2) is 0 Å². The zero-order valence-corrected chi connectivity index (χ0v) is 8.78. The van der Waals surface area contributed by atoms with Crippen LogP contribution in [0.1, 0.15) is 12.5 Å². The zero-order chi connectivity index (χ0) is 10.0. The quantitative estimate of drug-likeness (QED) is 0.746. The normalized spacial score (nSPS) is 10.1. The third kappa shape index (κ3) is 2.39. The van der Waals surface area contributed by atoms with Crippen molar-refractivity contribution in [1.82, 2.24) is 0 Å². The van der Waals surface area contributed by atoms with E-state index in [2.05, 4.69) is 6.58 Å². The standard InChI is InChI=1S/C10H10Cl2O/c1-6(2)5-7-9(13)4-3-8(11)10(7)12/h3-4,13H,1,5H2,2H3. The third-order valence-electron chi connectivity index (χ3n) is 1.65. The van der Waals surface area contributed by atoms with Gasteiger partial charge in [-0.15, -0.1) is 0 Å². The van der Waals surface area contributed by atoms with Crippen molar-refractivity contribution >= 4 is 23.2 Å². The molecule has 3 heteroatoms. The second-order valence-corrected chi connectivity index (χ2v) is 3.78. The predicted molar refractivity (Wildman–Crippen MR) is 56.6 cm³/mol. The minimum Gasteiger partial charge on any atom is -0.508 e. The van der Waals surface area contributed by atoms with Crippen LogP contribution in [0, 0.1) is 0 Å². The molecule has 0 unspecified atom stereocenters. The highest BCUT2D eigenvalue weighted by Gasteiger charge is 2.09. The highest BCUT2D eigenvalue weighted by atomic mass is 35.5. The van der Waals surface area contributed by atoms with Gasteiger partial charge in [0, 0.05) is 5.56 Å². The van der Waals surface area contributed by atoms with Crippen LogP contribution in [0.15, 0.2) is 24.3 Å². The molecule has 13 heavy (non-hydrogen) atoms. The Bertz CT molecular complexity index is 345. The first-order chi connectivity index (χ1) is 6.02. The molecule has 1 nitrogen and oxygen atoms in total. The Morgan fingerprint density at radius 1 is 1.46 bits per heavy atom. The minimum absolute atomic E-state index is 0.164. The predicted octanol–water partition coefficient (Wildman–Crippen LogP) is 3.82. The van der Waals surface area contributed by atoms with E-state index in [-0.39, 0.29) is 5.75 Å². The van der Waals surface area contributed by atoms with Gasteiger partial charge in [-0.25, -0.2) is 0 Å². The molecule has 0 aliphatic carbocycles. The average molecular weight is 217 g/mol. The highest BCUT2D eigenvalue weighted by Crippen LogP contribution is 2.33. The summed E-state index contributed by atoms with van der Waals surface area (Å²) in [5.41, 5.74) is 1.57. The molecule has 0 aliphatic heterocycles. The Labute approximate surface area is 87.6 Å². The summed E-state index contributed by atoms with van der Waals surface area (Å²) < 4.78 is 0. The smallest absolute Gasteiger partial charge is 0.120 e. The molecule has 1 rings (SSSR count). The van der Waals surface area contributed by atoms with Crippen molar-refractivity contribution in [2.75, 3.05) is 0 Å². The molecule has 0 fully saturated rings. The van der Waals surface area contributed by atoms with Crippen LogP contribution in [0.3, 0.4) is 0 Å². The molecule has 0 bridgehead atoms. The lowest BCUT2D eigenvalue weighted by Gasteiger charge is -2.07. The summed E-state index contributed by atoms with van der Waals surface area (Å²) in [6.07, 6.45) is 0.547. The maximum absolute atomic E-state index is 9.48. The molecule has 1 aromatic carbocycles. The average Bonchev–Trinajstić information content (AvgIpc) is 2.05. The van der Waals surface area contributed by atoms with E-state index in [4.69, 9.17) is 23.2 Å². The molecule has 0 heterocycles. The maximum Gasteiger partial charge on any atom is 0.120 e. The molecule has 1 aromatic rings. The van der Waals surface area contributed by atoms with Gasteiger partial charge in [-0.2, -0.15) is 0 Å². The van der Waals surface area contributed by atoms with E-state index in [0.29, 0.717) is 22.0 Å². The lowest BCUT2D eigenvalue weighted by atomic mass is 10.1. The van der Waals surface area contributed by atoms with E-state index >= 15 is 0 Å². The molecule has 0 amide bonds. The Balaban J connectivity index is 3.17. The first-order valence-electron chi connectivity index (χ1n) is 3.82. The van der Waals surface area contributed by atoms with E-state index < -0.39 is 0 Å².